The Labute approximate surface area is 91.4 Å². The van der Waals surface area contributed by atoms with Gasteiger partial charge in [0.15, 0.2) is 0 Å². The van der Waals surface area contributed by atoms with E-state index >= 15 is 0 Å². The SMILES string of the molecule is N#Cc1cccc(C(O)C(O)CC(=O)O)n1. The number of nitrogens with zero attached hydrogens (tertiary/aromatic N) is 2. The van der Waals surface area contributed by atoms with E-state index in [0.717, 1.165) is 0 Å². The van der Waals surface area contributed by atoms with Crippen LogP contribution in [0.1, 0.15) is 23.9 Å². The predicted octanol–water partition coefficient (Wildman–Crippen LogP) is -0.178. The van der Waals surface area contributed by atoms with E-state index in [9.17, 15) is 15.0 Å². The molecule has 3 N–H and O–H groups in total. The molecule has 0 fully saturated rings. The minimum atomic E-state index is -1.45. The number of pyridine rings is 1. The molecule has 0 radical (unpaired) electrons. The van der Waals surface area contributed by atoms with Gasteiger partial charge >= 0.3 is 5.97 Å². The highest BCUT2D eigenvalue weighted by atomic mass is 16.4. The molecule has 0 aromatic carbocycles. The maximum atomic E-state index is 10.3. The highest BCUT2D eigenvalue weighted by Gasteiger charge is 2.22. The lowest BCUT2D eigenvalue weighted by molar-refractivity contribution is -0.141. The number of aliphatic hydroxyl groups excluding tert-OH is 2. The second-order valence-electron chi connectivity index (χ2n) is 3.17. The van der Waals surface area contributed by atoms with Crippen LogP contribution >= 0.6 is 0 Å². The Bertz CT molecular complexity index is 427. The highest BCUT2D eigenvalue weighted by Crippen LogP contribution is 2.17. The molecule has 2 atom stereocenters. The monoisotopic (exact) mass is 222 g/mol. The first-order valence-electron chi connectivity index (χ1n) is 4.49. The van der Waals surface area contributed by atoms with Gasteiger partial charge in [0.1, 0.15) is 17.9 Å². The van der Waals surface area contributed by atoms with Crippen LogP contribution in [0, 0.1) is 11.3 Å². The van der Waals surface area contributed by atoms with Crippen LogP contribution in [0.4, 0.5) is 0 Å². The number of nitriles is 1. The van der Waals surface area contributed by atoms with Crippen LogP contribution in [0.2, 0.25) is 0 Å². The molecule has 1 rings (SSSR count). The van der Waals surface area contributed by atoms with E-state index in [1.165, 1.54) is 18.2 Å². The third-order valence-electron chi connectivity index (χ3n) is 1.94. The lowest BCUT2D eigenvalue weighted by Crippen LogP contribution is -2.22. The number of aliphatic hydroxyl groups is 2. The molecule has 1 aromatic rings. The second kappa shape index (κ2) is 5.21. The van der Waals surface area contributed by atoms with Crippen molar-refractivity contribution in [2.24, 2.45) is 0 Å². The molecule has 6 nitrogen and oxygen atoms in total. The lowest BCUT2D eigenvalue weighted by Gasteiger charge is -2.15. The molecule has 0 saturated heterocycles. The molecule has 0 aliphatic rings. The van der Waals surface area contributed by atoms with Crippen molar-refractivity contribution < 1.29 is 20.1 Å². The van der Waals surface area contributed by atoms with Crippen LogP contribution in [0.5, 0.6) is 0 Å². The maximum Gasteiger partial charge on any atom is 0.306 e. The minimum absolute atomic E-state index is 0.0767. The zero-order valence-electron chi connectivity index (χ0n) is 8.24. The summed E-state index contributed by atoms with van der Waals surface area (Å²) in [6.45, 7) is 0. The molecule has 16 heavy (non-hydrogen) atoms. The van der Waals surface area contributed by atoms with Gasteiger partial charge in [-0.15, -0.1) is 0 Å². The fourth-order valence-corrected chi connectivity index (χ4v) is 1.17. The topological polar surface area (TPSA) is 114 Å². The fourth-order valence-electron chi connectivity index (χ4n) is 1.17. The average Bonchev–Trinajstić information content (AvgIpc) is 2.27. The van der Waals surface area contributed by atoms with E-state index < -0.39 is 24.6 Å². The van der Waals surface area contributed by atoms with Crippen molar-refractivity contribution in [1.29, 1.82) is 5.26 Å². The Balaban J connectivity index is 2.83. The van der Waals surface area contributed by atoms with Crippen LogP contribution < -0.4 is 0 Å². The summed E-state index contributed by atoms with van der Waals surface area (Å²) in [5.74, 6) is -1.22. The Morgan fingerprint density at radius 1 is 1.50 bits per heavy atom. The van der Waals surface area contributed by atoms with E-state index in [1.807, 2.05) is 0 Å². The van der Waals surface area contributed by atoms with Gasteiger partial charge in [-0.1, -0.05) is 6.07 Å². The molecule has 1 heterocycles. The number of hydrogen-bond donors (Lipinski definition) is 3. The quantitative estimate of drug-likeness (QED) is 0.651. The predicted molar refractivity (Wildman–Crippen MR) is 52.2 cm³/mol. The van der Waals surface area contributed by atoms with Gasteiger partial charge in [0, 0.05) is 0 Å². The smallest absolute Gasteiger partial charge is 0.306 e. The van der Waals surface area contributed by atoms with E-state index in [2.05, 4.69) is 4.98 Å². The van der Waals surface area contributed by atoms with E-state index in [-0.39, 0.29) is 11.4 Å². The minimum Gasteiger partial charge on any atom is -0.481 e. The number of aromatic nitrogens is 1. The summed E-state index contributed by atoms with van der Waals surface area (Å²) in [6.07, 6.45) is -3.44. The molecule has 6 heteroatoms. The standard InChI is InChI=1S/C10H10N2O4/c11-5-6-2-1-3-7(12-6)10(16)8(13)4-9(14)15/h1-3,8,10,13,16H,4H2,(H,14,15). The number of carboxylic acid groups (broad SMARTS) is 1. The van der Waals surface area contributed by atoms with Crippen molar-refractivity contribution in [1.82, 2.24) is 4.98 Å². The molecule has 0 spiro atoms. The zero-order chi connectivity index (χ0) is 12.1. The molecular formula is C10H10N2O4. The molecule has 0 aliphatic carbocycles. The van der Waals surface area contributed by atoms with Crippen LogP contribution in [-0.2, 0) is 4.79 Å². The van der Waals surface area contributed by atoms with Gasteiger partial charge in [0.25, 0.3) is 0 Å². The van der Waals surface area contributed by atoms with Crippen molar-refractivity contribution >= 4 is 5.97 Å². The fraction of sp³-hybridized carbons (Fsp3) is 0.300. The Kier molecular flexibility index (Phi) is 3.94. The third kappa shape index (κ3) is 3.02. The number of rotatable bonds is 4. The average molecular weight is 222 g/mol. The number of hydrogen-bond acceptors (Lipinski definition) is 5. The Morgan fingerprint density at radius 2 is 2.19 bits per heavy atom. The summed E-state index contributed by atoms with van der Waals surface area (Å²) < 4.78 is 0. The van der Waals surface area contributed by atoms with Gasteiger partial charge in [0.2, 0.25) is 0 Å². The van der Waals surface area contributed by atoms with Gasteiger partial charge in [0.05, 0.1) is 18.2 Å². The molecule has 0 amide bonds. The van der Waals surface area contributed by atoms with Crippen LogP contribution in [0.25, 0.3) is 0 Å². The maximum absolute atomic E-state index is 10.3. The van der Waals surface area contributed by atoms with Crippen molar-refractivity contribution in [3.8, 4) is 6.07 Å². The summed E-state index contributed by atoms with van der Waals surface area (Å²) in [4.78, 5) is 14.1. The van der Waals surface area contributed by atoms with Crippen molar-refractivity contribution in [2.75, 3.05) is 0 Å². The van der Waals surface area contributed by atoms with Gasteiger partial charge in [-0.25, -0.2) is 4.98 Å². The largest absolute Gasteiger partial charge is 0.481 e. The molecule has 2 unspecified atom stereocenters. The van der Waals surface area contributed by atoms with Gasteiger partial charge in [-0.3, -0.25) is 4.79 Å². The molecule has 0 aliphatic heterocycles. The molecule has 1 aromatic heterocycles. The summed E-state index contributed by atoms with van der Waals surface area (Å²) in [6, 6.07) is 6.14. The summed E-state index contributed by atoms with van der Waals surface area (Å²) in [5.41, 5.74) is 0.173. The summed E-state index contributed by atoms with van der Waals surface area (Å²) >= 11 is 0. The van der Waals surface area contributed by atoms with Gasteiger partial charge in [-0.2, -0.15) is 5.26 Å². The lowest BCUT2D eigenvalue weighted by atomic mass is 10.1. The Hall–Kier alpha value is -1.97. The highest BCUT2D eigenvalue weighted by molar-refractivity contribution is 5.67. The second-order valence-corrected chi connectivity index (χ2v) is 3.17. The first kappa shape index (κ1) is 12.1. The first-order chi connectivity index (χ1) is 7.54. The van der Waals surface area contributed by atoms with Crippen LogP contribution in [-0.4, -0.2) is 32.4 Å². The van der Waals surface area contributed by atoms with E-state index in [1.54, 1.807) is 6.07 Å². The summed E-state index contributed by atoms with van der Waals surface area (Å²) in [7, 11) is 0. The molecular weight excluding hydrogens is 212 g/mol. The zero-order valence-corrected chi connectivity index (χ0v) is 8.24. The van der Waals surface area contributed by atoms with E-state index in [0.29, 0.717) is 0 Å². The third-order valence-corrected chi connectivity index (χ3v) is 1.94. The first-order valence-corrected chi connectivity index (χ1v) is 4.49. The normalized spacial score (nSPS) is 13.8. The molecule has 84 valence electrons. The Morgan fingerprint density at radius 3 is 2.75 bits per heavy atom. The number of aliphatic carboxylic acids is 1. The van der Waals surface area contributed by atoms with E-state index in [4.69, 9.17) is 10.4 Å². The summed E-state index contributed by atoms with van der Waals surface area (Å²) in [5, 5.41) is 35.9. The van der Waals surface area contributed by atoms with Crippen LogP contribution in [0.15, 0.2) is 18.2 Å². The van der Waals surface area contributed by atoms with Crippen molar-refractivity contribution in [3.05, 3.63) is 29.6 Å². The van der Waals surface area contributed by atoms with Gasteiger partial charge < -0.3 is 15.3 Å². The van der Waals surface area contributed by atoms with Gasteiger partial charge in [-0.05, 0) is 12.1 Å². The van der Waals surface area contributed by atoms with Crippen molar-refractivity contribution in [2.45, 2.75) is 18.6 Å². The number of carbonyl (C=O) groups is 1. The van der Waals surface area contributed by atoms with Crippen molar-refractivity contribution in [3.63, 3.8) is 0 Å². The van der Waals surface area contributed by atoms with Crippen LogP contribution in [0.3, 0.4) is 0 Å². The molecule has 0 bridgehead atoms. The number of carboxylic acids is 1. The molecule has 0 saturated carbocycles.